The number of anilines is 1. The minimum atomic E-state index is -0.905. The van der Waals surface area contributed by atoms with Crippen molar-refractivity contribution < 1.29 is 19.4 Å². The Hall–Kier alpha value is -1.81. The third-order valence-electron chi connectivity index (χ3n) is 1.99. The highest BCUT2D eigenvalue weighted by atomic mass is 35.5. The fraction of sp³-hybridized carbons (Fsp3) is 0.333. The van der Waals surface area contributed by atoms with E-state index < -0.39 is 12.2 Å². The summed E-state index contributed by atoms with van der Waals surface area (Å²) < 4.78 is 9.74. The average Bonchev–Trinajstić information content (AvgIpc) is 2.39. The number of rotatable bonds is 6. The van der Waals surface area contributed by atoms with Gasteiger partial charge in [0.2, 0.25) is 0 Å². The van der Waals surface area contributed by atoms with Gasteiger partial charge in [-0.2, -0.15) is 5.26 Å². The number of ether oxygens (including phenoxy) is 2. The largest absolute Gasteiger partial charge is 0.445 e. The van der Waals surface area contributed by atoms with Gasteiger partial charge in [0.1, 0.15) is 6.61 Å². The Morgan fingerprint density at radius 2 is 2.37 bits per heavy atom. The van der Waals surface area contributed by atoms with E-state index in [1.54, 1.807) is 30.3 Å². The number of halogens is 1. The van der Waals surface area contributed by atoms with Gasteiger partial charge in [-0.25, -0.2) is 4.79 Å². The number of carbonyl (C=O) groups is 1. The maximum absolute atomic E-state index is 11.4. The van der Waals surface area contributed by atoms with Crippen molar-refractivity contribution >= 4 is 23.4 Å². The van der Waals surface area contributed by atoms with Crippen LogP contribution in [-0.2, 0) is 9.47 Å². The third kappa shape index (κ3) is 6.06. The molecule has 102 valence electrons. The van der Waals surface area contributed by atoms with E-state index in [2.05, 4.69) is 5.32 Å². The van der Waals surface area contributed by atoms with Crippen molar-refractivity contribution in [3.8, 4) is 6.07 Å². The van der Waals surface area contributed by atoms with Crippen LogP contribution in [0, 0.1) is 11.3 Å². The predicted molar refractivity (Wildman–Crippen MR) is 68.9 cm³/mol. The maximum Gasteiger partial charge on any atom is 0.411 e. The number of nitrogens with zero attached hydrogens (tertiary/aromatic N) is 1. The zero-order valence-corrected chi connectivity index (χ0v) is 10.8. The van der Waals surface area contributed by atoms with Crippen LogP contribution in [0.3, 0.4) is 0 Å². The van der Waals surface area contributed by atoms with E-state index >= 15 is 0 Å². The van der Waals surface area contributed by atoms with Crippen LogP contribution in [0.1, 0.15) is 0 Å². The molecule has 0 aromatic heterocycles. The summed E-state index contributed by atoms with van der Waals surface area (Å²) >= 11 is 5.76. The Kier molecular flexibility index (Phi) is 6.68. The minimum absolute atomic E-state index is 0.0114. The lowest BCUT2D eigenvalue weighted by atomic mass is 10.3. The molecule has 0 aliphatic carbocycles. The molecule has 1 aromatic rings. The molecule has 7 heteroatoms. The van der Waals surface area contributed by atoms with Crippen molar-refractivity contribution in [2.24, 2.45) is 0 Å². The van der Waals surface area contributed by atoms with E-state index in [0.29, 0.717) is 10.7 Å². The van der Waals surface area contributed by atoms with Crippen LogP contribution >= 0.6 is 11.6 Å². The molecule has 1 aromatic carbocycles. The first-order chi connectivity index (χ1) is 9.15. The van der Waals surface area contributed by atoms with Crippen molar-refractivity contribution in [3.05, 3.63) is 29.3 Å². The Morgan fingerprint density at radius 1 is 1.58 bits per heavy atom. The van der Waals surface area contributed by atoms with Gasteiger partial charge in [-0.05, 0) is 18.2 Å². The molecule has 0 saturated heterocycles. The van der Waals surface area contributed by atoms with Crippen molar-refractivity contribution in [2.75, 3.05) is 25.1 Å². The second-order valence-electron chi connectivity index (χ2n) is 3.45. The molecule has 1 amide bonds. The lowest BCUT2D eigenvalue weighted by molar-refractivity contribution is 0.0217. The molecule has 0 bridgehead atoms. The van der Waals surface area contributed by atoms with Gasteiger partial charge in [0.25, 0.3) is 0 Å². The highest BCUT2D eigenvalue weighted by molar-refractivity contribution is 6.30. The smallest absolute Gasteiger partial charge is 0.411 e. The molecule has 0 fully saturated rings. The fourth-order valence-corrected chi connectivity index (χ4v) is 1.38. The molecule has 0 aliphatic rings. The summed E-state index contributed by atoms with van der Waals surface area (Å²) in [4.78, 5) is 11.4. The van der Waals surface area contributed by atoms with Crippen molar-refractivity contribution in [2.45, 2.75) is 6.10 Å². The standard InChI is InChI=1S/C12H13ClN2O4/c13-9-2-1-3-10(6-9)15-12(17)19-8-11(7-14)18-5-4-16/h1-3,6,11,16H,4-5,8H2,(H,15,17). The van der Waals surface area contributed by atoms with E-state index in [0.717, 1.165) is 0 Å². The summed E-state index contributed by atoms with van der Waals surface area (Å²) in [5.41, 5.74) is 0.488. The molecule has 0 spiro atoms. The number of hydrogen-bond acceptors (Lipinski definition) is 5. The first kappa shape index (κ1) is 15.2. The topological polar surface area (TPSA) is 91.6 Å². The Bertz CT molecular complexity index is 461. The van der Waals surface area contributed by atoms with Crippen LogP contribution in [0.2, 0.25) is 5.02 Å². The van der Waals surface area contributed by atoms with Gasteiger partial charge in [-0.3, -0.25) is 5.32 Å². The van der Waals surface area contributed by atoms with Crippen LogP contribution in [0.5, 0.6) is 0 Å². The number of benzene rings is 1. The molecule has 19 heavy (non-hydrogen) atoms. The number of nitriles is 1. The quantitative estimate of drug-likeness (QED) is 0.831. The van der Waals surface area contributed by atoms with E-state index in [1.165, 1.54) is 0 Å². The third-order valence-corrected chi connectivity index (χ3v) is 2.23. The van der Waals surface area contributed by atoms with Gasteiger partial charge in [0.15, 0.2) is 6.10 Å². The van der Waals surface area contributed by atoms with E-state index in [9.17, 15) is 4.79 Å². The highest BCUT2D eigenvalue weighted by Crippen LogP contribution is 2.14. The van der Waals surface area contributed by atoms with Crippen LogP contribution in [-0.4, -0.2) is 37.1 Å². The van der Waals surface area contributed by atoms with Gasteiger partial charge >= 0.3 is 6.09 Å². The van der Waals surface area contributed by atoms with Crippen LogP contribution in [0.15, 0.2) is 24.3 Å². The lowest BCUT2D eigenvalue weighted by Gasteiger charge is -2.11. The summed E-state index contributed by atoms with van der Waals surface area (Å²) in [5.74, 6) is 0. The first-order valence-electron chi connectivity index (χ1n) is 5.47. The van der Waals surface area contributed by atoms with Gasteiger partial charge in [0, 0.05) is 10.7 Å². The summed E-state index contributed by atoms with van der Waals surface area (Å²) in [7, 11) is 0. The Labute approximate surface area is 115 Å². The van der Waals surface area contributed by atoms with E-state index in [-0.39, 0.29) is 19.8 Å². The van der Waals surface area contributed by atoms with Gasteiger partial charge < -0.3 is 14.6 Å². The zero-order chi connectivity index (χ0) is 14.1. The number of amides is 1. The van der Waals surface area contributed by atoms with Crippen LogP contribution in [0.4, 0.5) is 10.5 Å². The first-order valence-corrected chi connectivity index (χ1v) is 5.85. The van der Waals surface area contributed by atoms with Crippen LogP contribution in [0.25, 0.3) is 0 Å². The minimum Gasteiger partial charge on any atom is -0.445 e. The maximum atomic E-state index is 11.4. The number of hydrogen-bond donors (Lipinski definition) is 2. The molecule has 1 rings (SSSR count). The van der Waals surface area contributed by atoms with Gasteiger partial charge in [-0.15, -0.1) is 0 Å². The van der Waals surface area contributed by atoms with Crippen molar-refractivity contribution in [1.82, 2.24) is 0 Å². The molecular formula is C12H13ClN2O4. The lowest BCUT2D eigenvalue weighted by Crippen LogP contribution is -2.24. The average molecular weight is 285 g/mol. The normalized spacial score (nSPS) is 11.4. The molecule has 0 heterocycles. The molecule has 1 unspecified atom stereocenters. The summed E-state index contributed by atoms with van der Waals surface area (Å²) in [5, 5.41) is 20.2. The Morgan fingerprint density at radius 3 is 3.00 bits per heavy atom. The molecule has 2 N–H and O–H groups in total. The molecule has 1 atom stereocenters. The SMILES string of the molecule is N#CC(COC(=O)Nc1cccc(Cl)c1)OCCO. The second-order valence-corrected chi connectivity index (χ2v) is 3.88. The van der Waals surface area contributed by atoms with E-state index in [4.69, 9.17) is 31.4 Å². The molecule has 0 radical (unpaired) electrons. The van der Waals surface area contributed by atoms with Gasteiger partial charge in [-0.1, -0.05) is 17.7 Å². The van der Waals surface area contributed by atoms with Crippen molar-refractivity contribution in [3.63, 3.8) is 0 Å². The summed E-state index contributed by atoms with van der Waals surface area (Å²) in [6, 6.07) is 8.37. The molecular weight excluding hydrogens is 272 g/mol. The Balaban J connectivity index is 2.37. The molecule has 0 saturated carbocycles. The fourth-order valence-electron chi connectivity index (χ4n) is 1.19. The predicted octanol–water partition coefficient (Wildman–Crippen LogP) is 1.79. The monoisotopic (exact) mass is 284 g/mol. The summed E-state index contributed by atoms with van der Waals surface area (Å²) in [6.45, 7) is -0.409. The second kappa shape index (κ2) is 8.32. The zero-order valence-electron chi connectivity index (χ0n) is 10.0. The van der Waals surface area contributed by atoms with E-state index in [1.807, 2.05) is 0 Å². The molecule has 6 nitrogen and oxygen atoms in total. The molecule has 0 aliphatic heterocycles. The van der Waals surface area contributed by atoms with Gasteiger partial charge in [0.05, 0.1) is 19.3 Å². The number of aliphatic hydroxyl groups is 1. The number of carbonyl (C=O) groups excluding carboxylic acids is 1. The highest BCUT2D eigenvalue weighted by Gasteiger charge is 2.11. The summed E-state index contributed by atoms with van der Waals surface area (Å²) in [6.07, 6.45) is -1.62. The number of nitrogens with one attached hydrogen (secondary N) is 1. The van der Waals surface area contributed by atoms with Crippen LogP contribution < -0.4 is 5.32 Å². The van der Waals surface area contributed by atoms with Crippen molar-refractivity contribution in [1.29, 1.82) is 5.26 Å². The number of aliphatic hydroxyl groups excluding tert-OH is 1.